The number of fused-ring (bicyclic) bond motifs is 1. The smallest absolute Gasteiger partial charge is 0.325 e. The molecular weight excluding hydrogens is 424 g/mol. The molecule has 33 heavy (non-hydrogen) atoms. The summed E-state index contributed by atoms with van der Waals surface area (Å²) in [6, 6.07) is 4.47. The first kappa shape index (κ1) is 23.4. The Bertz CT molecular complexity index is 890. The van der Waals surface area contributed by atoms with Crippen molar-refractivity contribution in [1.29, 1.82) is 0 Å². The summed E-state index contributed by atoms with van der Waals surface area (Å²) in [6.45, 7) is 3.05. The third-order valence-electron chi connectivity index (χ3n) is 7.08. The van der Waals surface area contributed by atoms with E-state index in [2.05, 4.69) is 15.5 Å². The number of hydrogen-bond donors (Lipinski definition) is 2. The van der Waals surface area contributed by atoms with Gasteiger partial charge in [0, 0.05) is 12.6 Å². The maximum Gasteiger partial charge on any atom is 0.325 e. The summed E-state index contributed by atoms with van der Waals surface area (Å²) in [7, 11) is 3.08. The van der Waals surface area contributed by atoms with Crippen LogP contribution in [-0.2, 0) is 16.1 Å². The normalized spacial score (nSPS) is 25.4. The maximum absolute atomic E-state index is 12.8. The topological polar surface area (TPSA) is 100 Å². The Labute approximate surface area is 194 Å². The summed E-state index contributed by atoms with van der Waals surface area (Å²) in [5, 5.41) is 5.67. The first-order valence-corrected chi connectivity index (χ1v) is 11.8. The lowest BCUT2D eigenvalue weighted by atomic mass is 9.83. The SMILES string of the molecule is COc1ccc(CN2C(=O)N[C@@H](CC(=O)NC[C@@H]3CCCN4CCCC[C@H]34)C2=O)cc1OC. The standard InChI is InChI=1S/C24H34N4O5/c1-32-20-9-8-16(12-21(20)33-2)15-28-23(30)18(26-24(28)31)13-22(29)25-14-17-6-5-11-27-10-4-3-7-19(17)27/h8-9,12,17-19H,3-7,10-11,13-15H2,1-2H3,(H,25,29)(H,26,31)/t17-,18-,19+/m0/s1. The number of carbonyl (C=O) groups excluding carboxylic acids is 3. The highest BCUT2D eigenvalue weighted by Crippen LogP contribution is 2.31. The van der Waals surface area contributed by atoms with Crippen molar-refractivity contribution in [2.24, 2.45) is 5.92 Å². The van der Waals surface area contributed by atoms with Crippen molar-refractivity contribution in [2.75, 3.05) is 33.9 Å². The first-order chi connectivity index (χ1) is 16.0. The highest BCUT2D eigenvalue weighted by molar-refractivity contribution is 6.05. The highest BCUT2D eigenvalue weighted by atomic mass is 16.5. The van der Waals surface area contributed by atoms with E-state index in [0.717, 1.165) is 30.0 Å². The van der Waals surface area contributed by atoms with Crippen LogP contribution in [0.2, 0.25) is 0 Å². The van der Waals surface area contributed by atoms with Gasteiger partial charge in [-0.2, -0.15) is 0 Å². The van der Waals surface area contributed by atoms with Crippen molar-refractivity contribution in [2.45, 2.75) is 57.2 Å². The second-order valence-electron chi connectivity index (χ2n) is 9.13. The van der Waals surface area contributed by atoms with Gasteiger partial charge in [0.2, 0.25) is 5.91 Å². The predicted octanol–water partition coefficient (Wildman–Crippen LogP) is 1.90. The summed E-state index contributed by atoms with van der Waals surface area (Å²) in [5.41, 5.74) is 0.732. The van der Waals surface area contributed by atoms with Gasteiger partial charge >= 0.3 is 6.03 Å². The van der Waals surface area contributed by atoms with Gasteiger partial charge in [-0.25, -0.2) is 4.79 Å². The van der Waals surface area contributed by atoms with Gasteiger partial charge in [-0.05, 0) is 62.4 Å². The predicted molar refractivity (Wildman–Crippen MR) is 122 cm³/mol. The van der Waals surface area contributed by atoms with Crippen LogP contribution in [0.4, 0.5) is 4.79 Å². The Balaban J connectivity index is 1.30. The number of nitrogens with zero attached hydrogens (tertiary/aromatic N) is 2. The number of hydrogen-bond acceptors (Lipinski definition) is 6. The molecule has 3 saturated heterocycles. The van der Waals surface area contributed by atoms with Gasteiger partial charge in [0.05, 0.1) is 27.2 Å². The third-order valence-corrected chi connectivity index (χ3v) is 7.08. The van der Waals surface area contributed by atoms with Gasteiger partial charge in [0.15, 0.2) is 11.5 Å². The monoisotopic (exact) mass is 458 g/mol. The minimum absolute atomic E-state index is 0.0475. The van der Waals surface area contributed by atoms with E-state index in [1.165, 1.54) is 32.8 Å². The molecule has 3 atom stereocenters. The van der Waals surface area contributed by atoms with E-state index in [4.69, 9.17) is 9.47 Å². The summed E-state index contributed by atoms with van der Waals surface area (Å²) in [5.74, 6) is 0.966. The van der Waals surface area contributed by atoms with Crippen molar-refractivity contribution in [3.63, 3.8) is 0 Å². The number of ether oxygens (including phenoxy) is 2. The molecule has 9 nitrogen and oxygen atoms in total. The molecule has 1 aromatic rings. The van der Waals surface area contributed by atoms with Crippen molar-refractivity contribution >= 4 is 17.8 Å². The Hall–Kier alpha value is -2.81. The number of carbonyl (C=O) groups is 3. The van der Waals surface area contributed by atoms with Crippen LogP contribution >= 0.6 is 0 Å². The number of amides is 4. The van der Waals surface area contributed by atoms with Crippen LogP contribution in [0, 0.1) is 5.92 Å². The van der Waals surface area contributed by atoms with Crippen LogP contribution in [0.15, 0.2) is 18.2 Å². The molecule has 0 saturated carbocycles. The van der Waals surface area contributed by atoms with Crippen molar-refractivity contribution in [3.8, 4) is 11.5 Å². The Morgan fingerprint density at radius 2 is 1.88 bits per heavy atom. The fraction of sp³-hybridized carbons (Fsp3) is 0.625. The Kier molecular flexibility index (Phi) is 7.37. The van der Waals surface area contributed by atoms with Crippen LogP contribution in [0.3, 0.4) is 0 Å². The van der Waals surface area contributed by atoms with Crippen LogP contribution in [0.1, 0.15) is 44.1 Å². The number of nitrogens with one attached hydrogen (secondary N) is 2. The zero-order chi connectivity index (χ0) is 23.4. The average Bonchev–Trinajstić information content (AvgIpc) is 3.09. The molecule has 0 aliphatic carbocycles. The summed E-state index contributed by atoms with van der Waals surface area (Å²) >= 11 is 0. The minimum atomic E-state index is -0.838. The molecule has 4 rings (SSSR count). The van der Waals surface area contributed by atoms with Crippen molar-refractivity contribution < 1.29 is 23.9 Å². The number of urea groups is 1. The van der Waals surface area contributed by atoms with Gasteiger partial charge < -0.3 is 25.0 Å². The molecule has 3 aliphatic rings. The lowest BCUT2D eigenvalue weighted by Crippen LogP contribution is -2.51. The van der Waals surface area contributed by atoms with Gasteiger partial charge in [-0.3, -0.25) is 14.5 Å². The lowest BCUT2D eigenvalue weighted by molar-refractivity contribution is -0.131. The van der Waals surface area contributed by atoms with Crippen LogP contribution in [0.5, 0.6) is 11.5 Å². The molecule has 180 valence electrons. The van der Waals surface area contributed by atoms with E-state index in [9.17, 15) is 14.4 Å². The third kappa shape index (κ3) is 5.24. The summed E-state index contributed by atoms with van der Waals surface area (Å²) in [6.07, 6.45) is 5.96. The molecule has 1 aromatic carbocycles. The molecule has 0 spiro atoms. The zero-order valence-electron chi connectivity index (χ0n) is 19.5. The summed E-state index contributed by atoms with van der Waals surface area (Å²) < 4.78 is 10.5. The van der Waals surface area contributed by atoms with E-state index in [0.29, 0.717) is 30.0 Å². The number of rotatable bonds is 8. The van der Waals surface area contributed by atoms with E-state index in [-0.39, 0.29) is 24.8 Å². The molecule has 0 aromatic heterocycles. The molecule has 0 bridgehead atoms. The quantitative estimate of drug-likeness (QED) is 0.577. The van der Waals surface area contributed by atoms with E-state index < -0.39 is 12.1 Å². The largest absolute Gasteiger partial charge is 0.493 e. The number of benzene rings is 1. The number of methoxy groups -OCH3 is 2. The van der Waals surface area contributed by atoms with Crippen LogP contribution < -0.4 is 20.1 Å². The van der Waals surface area contributed by atoms with Crippen molar-refractivity contribution in [3.05, 3.63) is 23.8 Å². The van der Waals surface area contributed by atoms with Gasteiger partial charge in [0.1, 0.15) is 6.04 Å². The Morgan fingerprint density at radius 3 is 2.67 bits per heavy atom. The second-order valence-corrected chi connectivity index (χ2v) is 9.13. The second kappa shape index (κ2) is 10.4. The molecule has 0 unspecified atom stereocenters. The fourth-order valence-corrected chi connectivity index (χ4v) is 5.34. The van der Waals surface area contributed by atoms with E-state index in [1.807, 2.05) is 0 Å². The molecule has 0 radical (unpaired) electrons. The lowest BCUT2D eigenvalue weighted by Gasteiger charge is -2.44. The molecule has 9 heteroatoms. The highest BCUT2D eigenvalue weighted by Gasteiger charge is 2.39. The van der Waals surface area contributed by atoms with Gasteiger partial charge in [-0.1, -0.05) is 12.5 Å². The van der Waals surface area contributed by atoms with Gasteiger partial charge in [0.25, 0.3) is 5.91 Å². The minimum Gasteiger partial charge on any atom is -0.493 e. The molecule has 3 fully saturated rings. The average molecular weight is 459 g/mol. The zero-order valence-corrected chi connectivity index (χ0v) is 19.5. The summed E-state index contributed by atoms with van der Waals surface area (Å²) in [4.78, 5) is 41.6. The van der Waals surface area contributed by atoms with Crippen LogP contribution in [-0.4, -0.2) is 73.6 Å². The molecule has 3 aliphatic heterocycles. The van der Waals surface area contributed by atoms with Gasteiger partial charge in [-0.15, -0.1) is 0 Å². The fourth-order valence-electron chi connectivity index (χ4n) is 5.34. The number of imide groups is 1. The molecule has 2 N–H and O–H groups in total. The van der Waals surface area contributed by atoms with Crippen LogP contribution in [0.25, 0.3) is 0 Å². The Morgan fingerprint density at radius 1 is 1.09 bits per heavy atom. The first-order valence-electron chi connectivity index (χ1n) is 11.8. The molecular formula is C24H34N4O5. The molecule has 3 heterocycles. The number of piperidine rings is 2. The van der Waals surface area contributed by atoms with E-state index >= 15 is 0 Å². The van der Waals surface area contributed by atoms with E-state index in [1.54, 1.807) is 25.3 Å². The molecule has 4 amide bonds. The van der Waals surface area contributed by atoms with Crippen molar-refractivity contribution in [1.82, 2.24) is 20.4 Å². The maximum atomic E-state index is 12.8.